The highest BCUT2D eigenvalue weighted by molar-refractivity contribution is 7.80. The normalized spacial score (nSPS) is 19.1. The van der Waals surface area contributed by atoms with Crippen LogP contribution in [0.1, 0.15) is 156 Å². The lowest BCUT2D eigenvalue weighted by atomic mass is 9.89. The summed E-state index contributed by atoms with van der Waals surface area (Å²) < 4.78 is 46.9. The molecule has 0 aliphatic heterocycles. The van der Waals surface area contributed by atoms with E-state index in [1.807, 2.05) is 111 Å². The van der Waals surface area contributed by atoms with Gasteiger partial charge in [-0.25, -0.2) is 0 Å². The Bertz CT molecular complexity index is 1090. The molecule has 0 amide bonds. The summed E-state index contributed by atoms with van der Waals surface area (Å²) in [5.74, 6) is 1.03. The highest BCUT2D eigenvalue weighted by Gasteiger charge is 2.43. The lowest BCUT2D eigenvalue weighted by Crippen LogP contribution is -2.52. The highest BCUT2D eigenvalue weighted by atomic mass is 32.1. The Kier molecular flexibility index (Phi) is 26.2. The molecule has 0 rings (SSSR count). The van der Waals surface area contributed by atoms with Crippen molar-refractivity contribution in [2.45, 2.75) is 239 Å². The van der Waals surface area contributed by atoms with Crippen LogP contribution in [0.3, 0.4) is 0 Å². The molecule has 8 atom stereocenters. The van der Waals surface area contributed by atoms with Crippen LogP contribution in [-0.2, 0) is 33.2 Å². The van der Waals surface area contributed by atoms with Gasteiger partial charge in [-0.05, 0) is 124 Å². The molecular formula is C45H92O11S3. The zero-order valence-electron chi connectivity index (χ0n) is 40.3. The predicted molar refractivity (Wildman–Crippen MR) is 251 cm³/mol. The monoisotopic (exact) mass is 905 g/mol. The average molecular weight is 905 g/mol. The van der Waals surface area contributed by atoms with Gasteiger partial charge in [-0.3, -0.25) is 0 Å². The summed E-state index contributed by atoms with van der Waals surface area (Å²) in [7, 11) is 0. The number of hydrogen-bond acceptors (Lipinski definition) is 14. The Balaban J connectivity index is 6.90. The van der Waals surface area contributed by atoms with Gasteiger partial charge in [-0.15, -0.1) is 0 Å². The second kappa shape index (κ2) is 25.9. The number of thiol groups is 3. The lowest BCUT2D eigenvalue weighted by Gasteiger charge is -2.45. The fourth-order valence-electron chi connectivity index (χ4n) is 7.16. The van der Waals surface area contributed by atoms with Crippen molar-refractivity contribution in [2.24, 2.45) is 5.41 Å². The Labute approximate surface area is 377 Å². The van der Waals surface area contributed by atoms with Crippen LogP contribution < -0.4 is 0 Å². The number of aliphatic hydroxyl groups is 4. The number of rotatable bonds is 34. The van der Waals surface area contributed by atoms with Crippen molar-refractivity contribution in [3.8, 4) is 0 Å². The smallest absolute Gasteiger partial charge is 0.0884 e. The van der Waals surface area contributed by atoms with Gasteiger partial charge < -0.3 is 53.6 Å². The molecular weight excluding hydrogens is 813 g/mol. The van der Waals surface area contributed by atoms with Gasteiger partial charge in [0.15, 0.2) is 0 Å². The van der Waals surface area contributed by atoms with Gasteiger partial charge in [0.1, 0.15) is 0 Å². The predicted octanol–water partition coefficient (Wildman–Crippen LogP) is 7.91. The first-order valence-corrected chi connectivity index (χ1v) is 23.7. The van der Waals surface area contributed by atoms with Gasteiger partial charge in [0.05, 0.1) is 114 Å². The van der Waals surface area contributed by atoms with Crippen LogP contribution in [0.25, 0.3) is 0 Å². The third kappa shape index (κ3) is 25.0. The molecule has 59 heavy (non-hydrogen) atoms. The van der Waals surface area contributed by atoms with Crippen molar-refractivity contribution in [1.29, 1.82) is 0 Å². The van der Waals surface area contributed by atoms with Gasteiger partial charge in [-0.1, -0.05) is 6.92 Å². The number of ether oxygens (including phenoxy) is 7. The molecule has 0 aromatic rings. The first kappa shape index (κ1) is 59.6. The molecule has 0 heterocycles. The van der Waals surface area contributed by atoms with Crippen molar-refractivity contribution in [3.05, 3.63) is 0 Å². The van der Waals surface area contributed by atoms with Gasteiger partial charge >= 0.3 is 0 Å². The van der Waals surface area contributed by atoms with E-state index in [2.05, 4.69) is 37.9 Å². The van der Waals surface area contributed by atoms with Crippen molar-refractivity contribution >= 4 is 37.9 Å². The van der Waals surface area contributed by atoms with Crippen LogP contribution in [0.15, 0.2) is 0 Å². The van der Waals surface area contributed by atoms with Gasteiger partial charge in [0.25, 0.3) is 0 Å². The van der Waals surface area contributed by atoms with Crippen molar-refractivity contribution < 1.29 is 53.6 Å². The van der Waals surface area contributed by atoms with E-state index in [-0.39, 0.29) is 50.8 Å². The van der Waals surface area contributed by atoms with E-state index < -0.39 is 63.4 Å². The van der Waals surface area contributed by atoms with E-state index in [4.69, 9.17) is 33.2 Å². The van der Waals surface area contributed by atoms with Crippen LogP contribution in [0.4, 0.5) is 0 Å². The maximum atomic E-state index is 10.4. The van der Waals surface area contributed by atoms with E-state index in [0.29, 0.717) is 55.8 Å². The second-order valence-electron chi connectivity index (χ2n) is 20.8. The molecule has 4 N–H and O–H groups in total. The van der Waals surface area contributed by atoms with E-state index in [1.54, 1.807) is 6.92 Å². The Morgan fingerprint density at radius 2 is 0.831 bits per heavy atom. The zero-order valence-corrected chi connectivity index (χ0v) is 43.0. The summed E-state index contributed by atoms with van der Waals surface area (Å²) in [6, 6.07) is 0. The van der Waals surface area contributed by atoms with Gasteiger partial charge in [0.2, 0.25) is 0 Å². The molecule has 11 nitrogen and oxygen atoms in total. The van der Waals surface area contributed by atoms with E-state index in [0.717, 1.165) is 0 Å². The summed E-state index contributed by atoms with van der Waals surface area (Å²) >= 11 is 12.8. The summed E-state index contributed by atoms with van der Waals surface area (Å²) in [5.41, 5.74) is -4.92. The van der Waals surface area contributed by atoms with Crippen LogP contribution in [0.2, 0.25) is 0 Å². The summed E-state index contributed by atoms with van der Waals surface area (Å²) in [6.45, 7) is 34.4. The fourth-order valence-corrected chi connectivity index (χ4v) is 7.55. The first-order valence-electron chi connectivity index (χ1n) is 21.8. The third-order valence-electron chi connectivity index (χ3n) is 11.0. The van der Waals surface area contributed by atoms with Crippen molar-refractivity contribution in [3.63, 3.8) is 0 Å². The molecule has 0 spiro atoms. The maximum absolute atomic E-state index is 10.4. The Morgan fingerprint density at radius 3 is 1.17 bits per heavy atom. The molecule has 0 saturated heterocycles. The third-order valence-corrected chi connectivity index (χ3v) is 12.3. The largest absolute Gasteiger partial charge is 0.393 e. The molecule has 8 unspecified atom stereocenters. The average Bonchev–Trinajstić information content (AvgIpc) is 3.08. The lowest BCUT2D eigenvalue weighted by molar-refractivity contribution is -0.228. The molecule has 0 fully saturated rings. The van der Waals surface area contributed by atoms with E-state index >= 15 is 0 Å². The molecule has 356 valence electrons. The fraction of sp³-hybridized carbons (Fsp3) is 1.00. The van der Waals surface area contributed by atoms with Gasteiger partial charge in [0, 0.05) is 42.9 Å². The maximum Gasteiger partial charge on any atom is 0.0884 e. The topological polar surface area (TPSA) is 146 Å². The minimum absolute atomic E-state index is 0.181. The van der Waals surface area contributed by atoms with Crippen LogP contribution >= 0.6 is 37.9 Å². The number of aliphatic hydroxyl groups excluding tert-OH is 4. The SMILES string of the molecule is CCC(CC(C)O)OCC(COC(C)(C)CC(C)OC(C)(C)CC(O)CS)(COC(C)(C)C(C)OC(C)(C)CC(O)CS)COC(C)(C)C(C)OC(C)(C)CC(O)CS. The molecule has 0 bridgehead atoms. The van der Waals surface area contributed by atoms with E-state index in [9.17, 15) is 20.4 Å². The summed E-state index contributed by atoms with van der Waals surface area (Å²) in [6.07, 6.45) is -0.436. The first-order chi connectivity index (χ1) is 26.7. The molecule has 0 aromatic carbocycles. The molecule has 0 aromatic heterocycles. The van der Waals surface area contributed by atoms with Crippen LogP contribution in [-0.4, -0.2) is 147 Å². The minimum Gasteiger partial charge on any atom is -0.393 e. The Morgan fingerprint density at radius 1 is 0.475 bits per heavy atom. The van der Waals surface area contributed by atoms with Crippen LogP contribution in [0, 0.1) is 5.41 Å². The van der Waals surface area contributed by atoms with Gasteiger partial charge in [-0.2, -0.15) is 37.9 Å². The van der Waals surface area contributed by atoms with E-state index in [1.165, 1.54) is 0 Å². The standard InChI is InChI=1S/C45H92O11S3/c1-18-38(19-31(2)46)50-27-45(29-52-43(14,15)33(4)55-41(10,11)22-36(48)25-58,30-53-44(16,17)34(5)56-42(12,13)23-37(49)26-59)28-51-39(6,7)20-32(3)54-40(8,9)21-35(47)24-57/h31-38,46-49,57-59H,18-30H2,1-17H3. The van der Waals surface area contributed by atoms with Crippen molar-refractivity contribution in [1.82, 2.24) is 0 Å². The number of hydrogen-bond donors (Lipinski definition) is 7. The molecule has 0 aliphatic carbocycles. The minimum atomic E-state index is -0.854. The van der Waals surface area contributed by atoms with Crippen molar-refractivity contribution in [2.75, 3.05) is 43.7 Å². The summed E-state index contributed by atoms with van der Waals surface area (Å²) in [5, 5.41) is 41.3. The molecule has 0 saturated carbocycles. The molecule has 0 aliphatic rings. The quantitative estimate of drug-likeness (QED) is 0.0317. The Hall–Kier alpha value is 0.610. The highest BCUT2D eigenvalue weighted by Crippen LogP contribution is 2.35. The molecule has 14 heteroatoms. The van der Waals surface area contributed by atoms with Crippen LogP contribution in [0.5, 0.6) is 0 Å². The second-order valence-corrected chi connectivity index (χ2v) is 21.9. The zero-order chi connectivity index (χ0) is 46.3. The molecule has 0 radical (unpaired) electrons. The summed E-state index contributed by atoms with van der Waals surface area (Å²) in [4.78, 5) is 0.